The van der Waals surface area contributed by atoms with Crippen LogP contribution in [0.2, 0.25) is 0 Å². The third-order valence-corrected chi connectivity index (χ3v) is 7.37. The van der Waals surface area contributed by atoms with Gasteiger partial charge >= 0.3 is 0 Å². The predicted octanol–water partition coefficient (Wildman–Crippen LogP) is 6.72. The normalized spacial score (nSPS) is 11.7. The third kappa shape index (κ3) is 6.24. The maximum absolute atomic E-state index is 13.8. The summed E-state index contributed by atoms with van der Waals surface area (Å²) in [5.74, 6) is 1.35. The van der Waals surface area contributed by atoms with Crippen molar-refractivity contribution in [2.24, 2.45) is 0 Å². The number of benzene rings is 4. The Bertz CT molecular complexity index is 1330. The van der Waals surface area contributed by atoms with Crippen molar-refractivity contribution in [2.45, 2.75) is 31.3 Å². The van der Waals surface area contributed by atoms with Crippen LogP contribution in [0.15, 0.2) is 102 Å². The molecule has 8 heteroatoms. The summed E-state index contributed by atoms with van der Waals surface area (Å²) in [5, 5.41) is 0. The van der Waals surface area contributed by atoms with Crippen LogP contribution in [0.3, 0.4) is 0 Å². The minimum atomic E-state index is -4.40. The monoisotopic (exact) mass is 550 g/mol. The van der Waals surface area contributed by atoms with Crippen LogP contribution < -0.4 is 14.2 Å². The number of rotatable bonds is 12. The summed E-state index contributed by atoms with van der Waals surface area (Å²) in [4.78, 5) is -0.170. The average Bonchev–Trinajstić information content (AvgIpc) is 2.94. The molecular formula is C31H31FO6S. The fourth-order valence-corrected chi connectivity index (χ4v) is 5.50. The second-order valence-corrected chi connectivity index (χ2v) is 10.1. The SMILES string of the molecule is CCOc1ccc(C(OS(=O)(=O)c2ccc(F)cc2)(c2ccc(OCC)cc2)c2ccc(OCC)cc2)cc1. The molecule has 39 heavy (non-hydrogen) atoms. The molecule has 0 amide bonds. The lowest BCUT2D eigenvalue weighted by molar-refractivity contribution is 0.163. The molecular weight excluding hydrogens is 519 g/mol. The lowest BCUT2D eigenvalue weighted by Gasteiger charge is -2.35. The van der Waals surface area contributed by atoms with Gasteiger partial charge < -0.3 is 14.2 Å². The molecule has 0 heterocycles. The molecule has 0 saturated carbocycles. The van der Waals surface area contributed by atoms with Crippen molar-refractivity contribution in [3.8, 4) is 17.2 Å². The van der Waals surface area contributed by atoms with Gasteiger partial charge in [-0.25, -0.2) is 8.57 Å². The smallest absolute Gasteiger partial charge is 0.298 e. The van der Waals surface area contributed by atoms with Crippen molar-refractivity contribution in [3.05, 3.63) is 120 Å². The Labute approximate surface area is 229 Å². The van der Waals surface area contributed by atoms with Crippen molar-refractivity contribution in [3.63, 3.8) is 0 Å². The zero-order valence-electron chi connectivity index (χ0n) is 22.1. The van der Waals surface area contributed by atoms with Crippen molar-refractivity contribution < 1.29 is 31.2 Å². The summed E-state index contributed by atoms with van der Waals surface area (Å²) in [5.41, 5.74) is 0.0212. The second-order valence-electron chi connectivity index (χ2n) is 8.54. The molecule has 0 aliphatic heterocycles. The molecule has 4 rings (SSSR count). The molecule has 0 aromatic heterocycles. The molecule has 0 fully saturated rings. The molecule has 0 N–H and O–H groups in total. The summed E-state index contributed by atoms with van der Waals surface area (Å²) in [7, 11) is -4.40. The number of hydrogen-bond acceptors (Lipinski definition) is 6. The highest BCUT2D eigenvalue weighted by molar-refractivity contribution is 7.86. The fraction of sp³-hybridized carbons (Fsp3) is 0.226. The zero-order valence-corrected chi connectivity index (χ0v) is 22.9. The highest BCUT2D eigenvalue weighted by atomic mass is 32.2. The Kier molecular flexibility index (Phi) is 8.89. The molecule has 0 radical (unpaired) electrons. The van der Waals surface area contributed by atoms with Gasteiger partial charge in [-0.05, 0) is 98.1 Å². The number of halogens is 1. The van der Waals surface area contributed by atoms with Gasteiger partial charge in [-0.2, -0.15) is 8.42 Å². The maximum Gasteiger partial charge on any atom is 0.298 e. The van der Waals surface area contributed by atoms with Gasteiger partial charge in [0.15, 0.2) is 5.60 Å². The van der Waals surface area contributed by atoms with E-state index < -0.39 is 21.5 Å². The van der Waals surface area contributed by atoms with Crippen LogP contribution in [-0.4, -0.2) is 28.2 Å². The zero-order chi connectivity index (χ0) is 27.9. The molecule has 4 aromatic rings. The van der Waals surface area contributed by atoms with Crippen molar-refractivity contribution >= 4 is 10.1 Å². The van der Waals surface area contributed by atoms with Gasteiger partial charge in [0, 0.05) is 0 Å². The van der Waals surface area contributed by atoms with E-state index in [1.54, 1.807) is 72.8 Å². The van der Waals surface area contributed by atoms with Crippen LogP contribution in [0, 0.1) is 5.82 Å². The van der Waals surface area contributed by atoms with E-state index in [9.17, 15) is 12.8 Å². The first-order valence-electron chi connectivity index (χ1n) is 12.7. The highest BCUT2D eigenvalue weighted by Crippen LogP contribution is 2.44. The van der Waals surface area contributed by atoms with E-state index in [1.165, 1.54) is 12.1 Å². The molecule has 4 aromatic carbocycles. The van der Waals surface area contributed by atoms with E-state index in [1.807, 2.05) is 20.8 Å². The molecule has 0 bridgehead atoms. The van der Waals surface area contributed by atoms with Crippen molar-refractivity contribution in [1.82, 2.24) is 0 Å². The Balaban J connectivity index is 1.97. The minimum Gasteiger partial charge on any atom is -0.494 e. The van der Waals surface area contributed by atoms with Gasteiger partial charge in [0.25, 0.3) is 10.1 Å². The summed E-state index contributed by atoms with van der Waals surface area (Å²) < 4.78 is 64.3. The van der Waals surface area contributed by atoms with Gasteiger partial charge in [-0.3, -0.25) is 0 Å². The topological polar surface area (TPSA) is 71.1 Å². The van der Waals surface area contributed by atoms with Gasteiger partial charge in [0.05, 0.1) is 24.7 Å². The summed E-state index contributed by atoms with van der Waals surface area (Å²) >= 11 is 0. The highest BCUT2D eigenvalue weighted by Gasteiger charge is 2.43. The molecule has 0 aliphatic rings. The third-order valence-electron chi connectivity index (χ3n) is 6.05. The molecule has 0 unspecified atom stereocenters. The van der Waals surface area contributed by atoms with Gasteiger partial charge in [-0.1, -0.05) is 36.4 Å². The largest absolute Gasteiger partial charge is 0.494 e. The van der Waals surface area contributed by atoms with E-state index in [-0.39, 0.29) is 4.90 Å². The maximum atomic E-state index is 13.8. The first-order chi connectivity index (χ1) is 18.8. The van der Waals surface area contributed by atoms with Crippen LogP contribution in [-0.2, 0) is 19.9 Å². The molecule has 0 saturated heterocycles. The van der Waals surface area contributed by atoms with Crippen LogP contribution in [0.4, 0.5) is 4.39 Å². The Morgan fingerprint density at radius 1 is 0.564 bits per heavy atom. The van der Waals surface area contributed by atoms with Gasteiger partial charge in [0.1, 0.15) is 23.1 Å². The molecule has 0 aliphatic carbocycles. The van der Waals surface area contributed by atoms with E-state index >= 15 is 0 Å². The minimum absolute atomic E-state index is 0.170. The quantitative estimate of drug-likeness (QED) is 0.144. The fourth-order valence-electron chi connectivity index (χ4n) is 4.32. The van der Waals surface area contributed by atoms with Crippen molar-refractivity contribution in [2.75, 3.05) is 19.8 Å². The molecule has 6 nitrogen and oxygen atoms in total. The molecule has 0 spiro atoms. The number of hydrogen-bond donors (Lipinski definition) is 0. The van der Waals surface area contributed by atoms with Crippen LogP contribution >= 0.6 is 0 Å². The van der Waals surface area contributed by atoms with Crippen molar-refractivity contribution in [1.29, 1.82) is 0 Å². The van der Waals surface area contributed by atoms with E-state index in [2.05, 4.69) is 0 Å². The lowest BCUT2D eigenvalue weighted by Crippen LogP contribution is -2.35. The van der Waals surface area contributed by atoms with Gasteiger partial charge in [0.2, 0.25) is 0 Å². The average molecular weight is 551 g/mol. The Morgan fingerprint density at radius 3 is 1.21 bits per heavy atom. The number of ether oxygens (including phenoxy) is 3. The second kappa shape index (κ2) is 12.3. The van der Waals surface area contributed by atoms with E-state index in [4.69, 9.17) is 18.4 Å². The first-order valence-corrected chi connectivity index (χ1v) is 14.1. The van der Waals surface area contributed by atoms with Crippen LogP contribution in [0.1, 0.15) is 37.5 Å². The Hall–Kier alpha value is -3.88. The van der Waals surface area contributed by atoms with Crippen LogP contribution in [0.5, 0.6) is 17.2 Å². The summed E-state index contributed by atoms with van der Waals surface area (Å²) in [6.07, 6.45) is 0. The van der Waals surface area contributed by atoms with Crippen LogP contribution in [0.25, 0.3) is 0 Å². The Morgan fingerprint density at radius 2 is 0.897 bits per heavy atom. The predicted molar refractivity (Wildman–Crippen MR) is 147 cm³/mol. The van der Waals surface area contributed by atoms with Gasteiger partial charge in [-0.15, -0.1) is 0 Å². The van der Waals surface area contributed by atoms with E-state index in [0.29, 0.717) is 53.8 Å². The van der Waals surface area contributed by atoms with E-state index in [0.717, 1.165) is 12.1 Å². The summed E-state index contributed by atoms with van der Waals surface area (Å²) in [6, 6.07) is 25.8. The summed E-state index contributed by atoms with van der Waals surface area (Å²) in [6.45, 7) is 7.11. The lowest BCUT2D eigenvalue weighted by atomic mass is 9.80. The standard InChI is InChI=1S/C31H31FO6S/c1-4-35-27-15-7-23(8-16-27)31(24-9-17-28(18-10-24)36-5-2,25-11-19-29(20-12-25)37-6-3)38-39(33,34)30-21-13-26(32)14-22-30/h7-22H,4-6H2,1-3H3. The first kappa shape index (κ1) is 28.1. The molecule has 0 atom stereocenters. The molecule has 204 valence electrons.